The summed E-state index contributed by atoms with van der Waals surface area (Å²) in [5.41, 5.74) is 5.65. The fraction of sp³-hybridized carbons (Fsp3) is 0.615. The van der Waals surface area contributed by atoms with E-state index in [1.807, 2.05) is 0 Å². The van der Waals surface area contributed by atoms with Crippen LogP contribution in [0.25, 0.3) is 0 Å². The molecule has 0 fully saturated rings. The molecule has 0 saturated heterocycles. The minimum atomic E-state index is -0.848. The average Bonchev–Trinajstić information content (AvgIpc) is 2.75. The van der Waals surface area contributed by atoms with Crippen molar-refractivity contribution in [2.75, 3.05) is 5.75 Å². The summed E-state index contributed by atoms with van der Waals surface area (Å²) in [6.45, 7) is 4.52. The maximum Gasteiger partial charge on any atom is 0.0851 e. The molecule has 0 amide bonds. The molecule has 1 aromatic carbocycles. The van der Waals surface area contributed by atoms with Gasteiger partial charge in [-0.1, -0.05) is 111 Å². The van der Waals surface area contributed by atoms with Crippen molar-refractivity contribution in [2.24, 2.45) is 0 Å². The van der Waals surface area contributed by atoms with E-state index in [1.54, 1.807) is 16.4 Å². The molecular weight excluding hydrogens is 392 g/mol. The van der Waals surface area contributed by atoms with Crippen LogP contribution in [0.3, 0.4) is 0 Å². The van der Waals surface area contributed by atoms with Gasteiger partial charge in [-0.2, -0.15) is 0 Å². The molecule has 1 aromatic rings. The van der Waals surface area contributed by atoms with Gasteiger partial charge in [-0.25, -0.2) is 4.21 Å². The highest BCUT2D eigenvalue weighted by molar-refractivity contribution is 8.68. The van der Waals surface area contributed by atoms with E-state index >= 15 is 0 Å². The predicted octanol–water partition coefficient (Wildman–Crippen LogP) is 8.32. The molecule has 0 heterocycles. The van der Waals surface area contributed by atoms with Crippen LogP contribution in [0, 0.1) is 0 Å². The summed E-state index contributed by atoms with van der Waals surface area (Å²) in [6.07, 6.45) is 20.0. The number of aryl methyl sites for hydroxylation is 1. The number of unbranched alkanes of at least 4 members (excludes halogenated alkanes) is 6. The van der Waals surface area contributed by atoms with Crippen molar-refractivity contribution >= 4 is 20.6 Å². The predicted molar refractivity (Wildman–Crippen MR) is 133 cm³/mol. The molecule has 0 aromatic heterocycles. The van der Waals surface area contributed by atoms with Crippen molar-refractivity contribution in [2.45, 2.75) is 96.7 Å². The Morgan fingerprint density at radius 1 is 0.759 bits per heavy atom. The molecule has 0 saturated carbocycles. The highest BCUT2D eigenvalue weighted by atomic mass is 33.1. The second-order valence-corrected chi connectivity index (χ2v) is 11.5. The molecule has 1 nitrogen and oxygen atoms in total. The number of benzene rings is 1. The molecular formula is C26H40OS2. The lowest BCUT2D eigenvalue weighted by Gasteiger charge is -2.14. The Morgan fingerprint density at radius 3 is 1.97 bits per heavy atom. The second-order valence-electron chi connectivity index (χ2n) is 8.30. The third-order valence-electron chi connectivity index (χ3n) is 5.68. The molecule has 1 aliphatic rings. The second kappa shape index (κ2) is 15.1. The van der Waals surface area contributed by atoms with Gasteiger partial charge in [0.1, 0.15) is 0 Å². The van der Waals surface area contributed by atoms with Crippen molar-refractivity contribution in [1.29, 1.82) is 0 Å². The van der Waals surface area contributed by atoms with Crippen molar-refractivity contribution in [3.05, 3.63) is 58.7 Å². The van der Waals surface area contributed by atoms with Crippen molar-refractivity contribution in [1.82, 2.24) is 0 Å². The van der Waals surface area contributed by atoms with Crippen molar-refractivity contribution in [3.63, 3.8) is 0 Å². The molecule has 1 aliphatic carbocycles. The zero-order chi connectivity index (χ0) is 20.7. The fourth-order valence-electron chi connectivity index (χ4n) is 3.71. The van der Waals surface area contributed by atoms with E-state index in [9.17, 15) is 4.21 Å². The number of allylic oxidation sites excluding steroid dienone is 3. The number of rotatable bonds is 15. The van der Waals surface area contributed by atoms with Gasteiger partial charge in [0.05, 0.1) is 15.6 Å². The van der Waals surface area contributed by atoms with Gasteiger partial charge >= 0.3 is 0 Å². The van der Waals surface area contributed by atoms with Gasteiger partial charge in [0.15, 0.2) is 0 Å². The topological polar surface area (TPSA) is 17.1 Å². The largest absolute Gasteiger partial charge is 0.248 e. The van der Waals surface area contributed by atoms with E-state index in [0.717, 1.165) is 12.2 Å². The van der Waals surface area contributed by atoms with Gasteiger partial charge in [0.25, 0.3) is 0 Å². The molecule has 162 valence electrons. The molecule has 1 atom stereocenters. The summed E-state index contributed by atoms with van der Waals surface area (Å²) in [5, 5.41) is 0. The molecule has 3 heteroatoms. The molecule has 0 radical (unpaired) electrons. The normalized spacial score (nSPS) is 15.1. The Morgan fingerprint density at radius 2 is 1.34 bits per heavy atom. The van der Waals surface area contributed by atoms with E-state index in [4.69, 9.17) is 0 Å². The molecule has 2 rings (SSSR count). The van der Waals surface area contributed by atoms with Crippen LogP contribution in [0.15, 0.2) is 47.6 Å². The SMILES string of the molecule is CCCCCCC1=CC=C(CSS(=O)Cc2ccc(CCCCCC)cc2)CC1. The zero-order valence-electron chi connectivity index (χ0n) is 18.6. The van der Waals surface area contributed by atoms with E-state index in [2.05, 4.69) is 50.3 Å². The third kappa shape index (κ3) is 10.7. The van der Waals surface area contributed by atoms with E-state index < -0.39 is 9.83 Å². The molecule has 0 spiro atoms. The van der Waals surface area contributed by atoms with Crippen LogP contribution in [0.2, 0.25) is 0 Å². The Bertz CT molecular complexity index is 658. The molecule has 0 aliphatic heterocycles. The zero-order valence-corrected chi connectivity index (χ0v) is 20.2. The minimum Gasteiger partial charge on any atom is -0.248 e. The van der Waals surface area contributed by atoms with Crippen LogP contribution < -0.4 is 0 Å². The highest BCUT2D eigenvalue weighted by Crippen LogP contribution is 2.27. The van der Waals surface area contributed by atoms with E-state index in [-0.39, 0.29) is 0 Å². The van der Waals surface area contributed by atoms with Crippen molar-refractivity contribution < 1.29 is 4.21 Å². The first kappa shape index (κ1) is 24.5. The lowest BCUT2D eigenvalue weighted by atomic mass is 9.95. The Hall–Kier alpha value is -0.800. The van der Waals surface area contributed by atoms with Crippen LogP contribution >= 0.6 is 10.8 Å². The minimum absolute atomic E-state index is 0.659. The number of hydrogen-bond donors (Lipinski definition) is 0. The van der Waals surface area contributed by atoms with Crippen LogP contribution in [-0.4, -0.2) is 9.96 Å². The van der Waals surface area contributed by atoms with E-state index in [0.29, 0.717) is 5.75 Å². The summed E-state index contributed by atoms with van der Waals surface area (Å²) >= 11 is 0. The maximum atomic E-state index is 12.5. The van der Waals surface area contributed by atoms with Gasteiger partial charge in [-0.05, 0) is 49.7 Å². The Labute approximate surface area is 185 Å². The lowest BCUT2D eigenvalue weighted by molar-refractivity contribution is 0.651. The van der Waals surface area contributed by atoms with E-state index in [1.165, 1.54) is 87.3 Å². The molecule has 0 N–H and O–H groups in total. The first-order chi connectivity index (χ1) is 14.2. The molecule has 0 bridgehead atoms. The monoisotopic (exact) mass is 432 g/mol. The summed E-state index contributed by atoms with van der Waals surface area (Å²) < 4.78 is 12.5. The first-order valence-electron chi connectivity index (χ1n) is 11.7. The summed E-state index contributed by atoms with van der Waals surface area (Å²) in [5.74, 6) is 1.56. The van der Waals surface area contributed by atoms with Crippen molar-refractivity contribution in [3.8, 4) is 0 Å². The summed E-state index contributed by atoms with van der Waals surface area (Å²) in [6, 6.07) is 8.78. The van der Waals surface area contributed by atoms with Crippen LogP contribution in [-0.2, 0) is 22.0 Å². The lowest BCUT2D eigenvalue weighted by Crippen LogP contribution is -1.99. The van der Waals surface area contributed by atoms with Gasteiger partial charge in [0.2, 0.25) is 0 Å². The molecule has 29 heavy (non-hydrogen) atoms. The fourth-order valence-corrected chi connectivity index (χ4v) is 6.29. The van der Waals surface area contributed by atoms with Gasteiger partial charge in [0, 0.05) is 5.75 Å². The first-order valence-corrected chi connectivity index (χ1v) is 14.5. The highest BCUT2D eigenvalue weighted by Gasteiger charge is 2.09. The quantitative estimate of drug-likeness (QED) is 0.205. The van der Waals surface area contributed by atoms with Gasteiger partial charge in [-0.3, -0.25) is 0 Å². The van der Waals surface area contributed by atoms with Gasteiger partial charge < -0.3 is 0 Å². The summed E-state index contributed by atoms with van der Waals surface area (Å²) in [7, 11) is 0.754. The maximum absolute atomic E-state index is 12.5. The smallest absolute Gasteiger partial charge is 0.0851 e. The van der Waals surface area contributed by atoms with Gasteiger partial charge in [-0.15, -0.1) is 0 Å². The Balaban J connectivity index is 1.66. The van der Waals surface area contributed by atoms with Crippen LogP contribution in [0.1, 0.15) is 95.6 Å². The van der Waals surface area contributed by atoms with Crippen LogP contribution in [0.4, 0.5) is 0 Å². The third-order valence-corrected chi connectivity index (χ3v) is 8.49. The average molecular weight is 433 g/mol. The Kier molecular flexibility index (Phi) is 12.7. The number of hydrogen-bond acceptors (Lipinski definition) is 2. The van der Waals surface area contributed by atoms with Crippen LogP contribution in [0.5, 0.6) is 0 Å². The molecule has 1 unspecified atom stereocenters. The summed E-state index contributed by atoms with van der Waals surface area (Å²) in [4.78, 5) is 0. The standard InChI is InChI=1S/C26H40OS2/c1-3-5-7-9-11-23-13-17-25(18-14-23)21-28-29(27)22-26-19-15-24(16-20-26)12-10-8-6-4-2/h13,15-17,19-20H,3-12,14,18,21-22H2,1-2H3.